The van der Waals surface area contributed by atoms with Crippen LogP contribution in [-0.4, -0.2) is 27.5 Å². The molecule has 7 atom stereocenters. The van der Waals surface area contributed by atoms with E-state index in [1.807, 2.05) is 37.4 Å². The maximum absolute atomic E-state index is 14.4. The van der Waals surface area contributed by atoms with Crippen LogP contribution in [0.15, 0.2) is 65.4 Å². The van der Waals surface area contributed by atoms with Crippen LogP contribution in [0.3, 0.4) is 0 Å². The number of aliphatic hydroxyl groups is 1. The quantitative estimate of drug-likeness (QED) is 0.355. The van der Waals surface area contributed by atoms with E-state index in [2.05, 4.69) is 57.1 Å². The molecule has 1 saturated carbocycles. The minimum atomic E-state index is -1.60. The van der Waals surface area contributed by atoms with Crippen LogP contribution in [0.4, 0.5) is 0 Å². The van der Waals surface area contributed by atoms with Crippen molar-refractivity contribution in [1.82, 2.24) is 10.3 Å². The molecular weight excluding hydrogens is 460 g/mol. The lowest BCUT2D eigenvalue weighted by Gasteiger charge is -2.54. The van der Waals surface area contributed by atoms with Crippen molar-refractivity contribution in [2.24, 2.45) is 35.0 Å². The van der Waals surface area contributed by atoms with Crippen molar-refractivity contribution < 1.29 is 14.7 Å². The standard InChI is InChI=1S/C32H40N2O3/c1-7-19(3)26-21(5)14-31(6)13-18(2)12-20(4)28(31)27(26)29(35)24-16-32(37,34-30(24)36)15-22-17-33-25-11-9-8-10-23(22)25/h7-11,14,16-18,20,26-28,33,37H,12-13,15H2,1-6H3,(H,34,36)/b19-7+/t18-,20+,26-,27-,28+,31+,32?/m1/s1. The summed E-state index contributed by atoms with van der Waals surface area (Å²) < 4.78 is 0. The van der Waals surface area contributed by atoms with E-state index in [4.69, 9.17) is 0 Å². The van der Waals surface area contributed by atoms with E-state index in [1.54, 1.807) is 0 Å². The van der Waals surface area contributed by atoms with Gasteiger partial charge < -0.3 is 15.4 Å². The van der Waals surface area contributed by atoms with E-state index in [1.165, 1.54) is 11.6 Å². The van der Waals surface area contributed by atoms with Crippen molar-refractivity contribution in [2.45, 2.75) is 66.5 Å². The first kappa shape index (κ1) is 25.7. The van der Waals surface area contributed by atoms with Crippen LogP contribution in [0.25, 0.3) is 10.9 Å². The zero-order valence-corrected chi connectivity index (χ0v) is 22.9. The van der Waals surface area contributed by atoms with Gasteiger partial charge in [-0.25, -0.2) is 0 Å². The van der Waals surface area contributed by atoms with Gasteiger partial charge in [-0.2, -0.15) is 0 Å². The molecule has 3 N–H and O–H groups in total. The summed E-state index contributed by atoms with van der Waals surface area (Å²) in [7, 11) is 0. The average molecular weight is 501 g/mol. The van der Waals surface area contributed by atoms with E-state index >= 15 is 0 Å². The molecule has 1 amide bonds. The number of Topliss-reactive ketones (excluding diaryl/α,β-unsaturated/α-hetero) is 1. The third-order valence-corrected chi connectivity index (χ3v) is 9.34. The smallest absolute Gasteiger partial charge is 0.257 e. The summed E-state index contributed by atoms with van der Waals surface area (Å²) in [5.74, 6) is 0.0954. The van der Waals surface area contributed by atoms with Gasteiger partial charge >= 0.3 is 0 Å². The highest BCUT2D eigenvalue weighted by Crippen LogP contribution is 2.58. The summed E-state index contributed by atoms with van der Waals surface area (Å²) in [5, 5.41) is 15.2. The normalized spacial score (nSPS) is 36.1. The predicted octanol–water partition coefficient (Wildman–Crippen LogP) is 5.87. The zero-order valence-electron chi connectivity index (χ0n) is 22.9. The number of allylic oxidation sites excluding steroid dienone is 4. The predicted molar refractivity (Wildman–Crippen MR) is 148 cm³/mol. The molecule has 0 radical (unpaired) electrons. The molecule has 1 aromatic heterocycles. The molecule has 0 bridgehead atoms. The van der Waals surface area contributed by atoms with Crippen molar-refractivity contribution in [3.05, 3.63) is 71.0 Å². The van der Waals surface area contributed by atoms with Crippen LogP contribution in [0.5, 0.6) is 0 Å². The summed E-state index contributed by atoms with van der Waals surface area (Å²) in [6.45, 7) is 13.1. The molecular formula is C32H40N2O3. The molecule has 5 heteroatoms. The second-order valence-corrected chi connectivity index (χ2v) is 12.3. The molecule has 1 aliphatic heterocycles. The second kappa shape index (κ2) is 9.13. The third kappa shape index (κ3) is 4.31. The monoisotopic (exact) mass is 500 g/mol. The van der Waals surface area contributed by atoms with Gasteiger partial charge in [0.25, 0.3) is 5.91 Å². The topological polar surface area (TPSA) is 82.2 Å². The molecule has 0 saturated heterocycles. The lowest BCUT2D eigenvalue weighted by atomic mass is 9.49. The van der Waals surface area contributed by atoms with Gasteiger partial charge in [-0.1, -0.05) is 62.3 Å². The summed E-state index contributed by atoms with van der Waals surface area (Å²) >= 11 is 0. The highest BCUT2D eigenvalue weighted by Gasteiger charge is 2.55. The average Bonchev–Trinajstić information content (AvgIpc) is 3.36. The Kier molecular flexibility index (Phi) is 6.34. The molecule has 1 aromatic carbocycles. The van der Waals surface area contributed by atoms with Crippen LogP contribution in [0, 0.1) is 35.0 Å². The molecule has 37 heavy (non-hydrogen) atoms. The highest BCUT2D eigenvalue weighted by atomic mass is 16.3. The fraction of sp³-hybridized carbons (Fsp3) is 0.500. The number of carbonyl (C=O) groups excluding carboxylic acids is 2. The van der Waals surface area contributed by atoms with Gasteiger partial charge in [0.2, 0.25) is 0 Å². The van der Waals surface area contributed by atoms with E-state index in [-0.39, 0.29) is 40.9 Å². The van der Waals surface area contributed by atoms with Gasteiger partial charge in [-0.15, -0.1) is 0 Å². The Hall–Kier alpha value is -2.92. The lowest BCUT2D eigenvalue weighted by molar-refractivity contribution is -0.130. The number of carbonyl (C=O) groups is 2. The number of ketones is 1. The number of amides is 1. The van der Waals surface area contributed by atoms with Gasteiger partial charge in [0.1, 0.15) is 0 Å². The number of fused-ring (bicyclic) bond motifs is 2. The van der Waals surface area contributed by atoms with Crippen molar-refractivity contribution >= 4 is 22.6 Å². The molecule has 5 nitrogen and oxygen atoms in total. The Balaban J connectivity index is 1.54. The minimum Gasteiger partial charge on any atom is -0.367 e. The number of H-pyrrole nitrogens is 1. The van der Waals surface area contributed by atoms with Gasteiger partial charge in [0, 0.05) is 35.4 Å². The molecule has 1 fully saturated rings. The van der Waals surface area contributed by atoms with Gasteiger partial charge in [0.15, 0.2) is 11.5 Å². The van der Waals surface area contributed by atoms with Crippen molar-refractivity contribution in [3.8, 4) is 0 Å². The van der Waals surface area contributed by atoms with Crippen LogP contribution in [-0.2, 0) is 16.0 Å². The molecule has 2 aliphatic carbocycles. The number of rotatable bonds is 5. The lowest BCUT2D eigenvalue weighted by Crippen LogP contribution is -2.51. The first-order valence-electron chi connectivity index (χ1n) is 13.7. The molecule has 5 rings (SSSR count). The molecule has 2 aromatic rings. The number of benzene rings is 1. The number of hydrogen-bond donors (Lipinski definition) is 3. The van der Waals surface area contributed by atoms with Gasteiger partial charge in [0.05, 0.1) is 5.57 Å². The number of aromatic nitrogens is 1. The number of nitrogens with one attached hydrogen (secondary N) is 2. The Morgan fingerprint density at radius 2 is 1.95 bits per heavy atom. The SMILES string of the molecule is C/C=C(\C)[C@@H]1C(C)=C[C@]2(C)C[C@H](C)C[C@H](C)[C@H]2[C@@H]1C(=O)C1=CC(O)(Cc2c[nH]c3ccccc23)NC1=O. The Morgan fingerprint density at radius 3 is 2.68 bits per heavy atom. The third-order valence-electron chi connectivity index (χ3n) is 9.34. The van der Waals surface area contributed by atoms with E-state index in [9.17, 15) is 14.7 Å². The fourth-order valence-electron chi connectivity index (χ4n) is 8.19. The van der Waals surface area contributed by atoms with Crippen LogP contribution in [0.2, 0.25) is 0 Å². The number of aromatic amines is 1. The van der Waals surface area contributed by atoms with E-state index in [0.717, 1.165) is 34.9 Å². The van der Waals surface area contributed by atoms with Crippen LogP contribution in [0.1, 0.15) is 59.9 Å². The largest absolute Gasteiger partial charge is 0.367 e. The van der Waals surface area contributed by atoms with Gasteiger partial charge in [-0.3, -0.25) is 9.59 Å². The summed E-state index contributed by atoms with van der Waals surface area (Å²) in [5.41, 5.74) is 2.64. The maximum atomic E-state index is 14.4. The summed E-state index contributed by atoms with van der Waals surface area (Å²) in [6.07, 6.45) is 10.2. The van der Waals surface area contributed by atoms with Crippen molar-refractivity contribution in [1.29, 1.82) is 0 Å². The molecule has 196 valence electrons. The Morgan fingerprint density at radius 1 is 1.22 bits per heavy atom. The molecule has 0 spiro atoms. The fourth-order valence-corrected chi connectivity index (χ4v) is 8.19. The van der Waals surface area contributed by atoms with Crippen molar-refractivity contribution in [3.63, 3.8) is 0 Å². The first-order valence-corrected chi connectivity index (χ1v) is 13.7. The van der Waals surface area contributed by atoms with E-state index in [0.29, 0.717) is 11.8 Å². The van der Waals surface area contributed by atoms with Crippen LogP contribution >= 0.6 is 0 Å². The first-order chi connectivity index (χ1) is 17.5. The maximum Gasteiger partial charge on any atom is 0.257 e. The number of para-hydroxylation sites is 1. The van der Waals surface area contributed by atoms with Crippen molar-refractivity contribution in [2.75, 3.05) is 0 Å². The number of hydrogen-bond acceptors (Lipinski definition) is 3. The second-order valence-electron chi connectivity index (χ2n) is 12.3. The minimum absolute atomic E-state index is 0.0394. The Labute approximate surface area is 220 Å². The highest BCUT2D eigenvalue weighted by molar-refractivity contribution is 6.22. The molecule has 2 heterocycles. The van der Waals surface area contributed by atoms with Crippen LogP contribution < -0.4 is 5.32 Å². The van der Waals surface area contributed by atoms with Gasteiger partial charge in [-0.05, 0) is 74.5 Å². The molecule has 1 unspecified atom stereocenters. The zero-order chi connectivity index (χ0) is 26.7. The summed E-state index contributed by atoms with van der Waals surface area (Å²) in [4.78, 5) is 30.9. The Bertz CT molecular complexity index is 1350. The summed E-state index contributed by atoms with van der Waals surface area (Å²) in [6, 6.07) is 7.88. The van der Waals surface area contributed by atoms with E-state index < -0.39 is 11.6 Å². The molecule has 3 aliphatic rings.